The van der Waals surface area contributed by atoms with E-state index in [-0.39, 0.29) is 5.91 Å². The number of methoxy groups -OCH3 is 1. The van der Waals surface area contributed by atoms with Gasteiger partial charge in [-0.25, -0.2) is 4.98 Å². The van der Waals surface area contributed by atoms with Crippen LogP contribution in [0.25, 0.3) is 32.6 Å². The van der Waals surface area contributed by atoms with Crippen molar-refractivity contribution in [1.82, 2.24) is 4.98 Å². The largest absolute Gasteiger partial charge is 0.497 e. The highest BCUT2D eigenvalue weighted by Gasteiger charge is 2.22. The van der Waals surface area contributed by atoms with E-state index in [2.05, 4.69) is 36.5 Å². The Morgan fingerprint density at radius 1 is 0.946 bits per heavy atom. The van der Waals surface area contributed by atoms with Crippen LogP contribution in [0.4, 0.5) is 11.4 Å². The van der Waals surface area contributed by atoms with Gasteiger partial charge in [0.2, 0.25) is 0 Å². The monoisotopic (exact) mass is 509 g/mol. The second-order valence-electron chi connectivity index (χ2n) is 8.59. The second kappa shape index (κ2) is 10.3. The Morgan fingerprint density at radius 2 is 1.59 bits per heavy atom. The first kappa shape index (κ1) is 24.3. The van der Waals surface area contributed by atoms with Gasteiger partial charge in [0.15, 0.2) is 0 Å². The van der Waals surface area contributed by atoms with Crippen molar-refractivity contribution in [2.75, 3.05) is 24.8 Å². The minimum atomic E-state index is -0.273. The van der Waals surface area contributed by atoms with Crippen molar-refractivity contribution < 1.29 is 14.3 Å². The smallest absolute Gasteiger partial charge is 0.267 e. The Morgan fingerprint density at radius 3 is 2.24 bits per heavy atom. The molecule has 186 valence electrons. The van der Waals surface area contributed by atoms with Crippen LogP contribution >= 0.6 is 11.3 Å². The molecule has 3 N–H and O–H groups in total. The van der Waals surface area contributed by atoms with Crippen molar-refractivity contribution in [3.63, 3.8) is 0 Å². The molecule has 6 nitrogen and oxygen atoms in total. The summed E-state index contributed by atoms with van der Waals surface area (Å²) in [4.78, 5) is 19.3. The first-order chi connectivity index (χ1) is 18.0. The zero-order chi connectivity index (χ0) is 25.9. The number of fused-ring (bicyclic) bond motifs is 1. The molecule has 0 fully saturated rings. The van der Waals surface area contributed by atoms with Gasteiger partial charge < -0.3 is 20.5 Å². The molecule has 0 spiro atoms. The van der Waals surface area contributed by atoms with E-state index in [4.69, 9.17) is 20.2 Å². The first-order valence-electron chi connectivity index (χ1n) is 12.0. The van der Waals surface area contributed by atoms with Crippen LogP contribution in [0, 0.1) is 6.92 Å². The molecule has 37 heavy (non-hydrogen) atoms. The number of hydrogen-bond acceptors (Lipinski definition) is 6. The number of benzene rings is 3. The Kier molecular flexibility index (Phi) is 6.79. The van der Waals surface area contributed by atoms with Gasteiger partial charge in [0, 0.05) is 16.6 Å². The van der Waals surface area contributed by atoms with E-state index in [0.29, 0.717) is 27.7 Å². The van der Waals surface area contributed by atoms with E-state index < -0.39 is 0 Å². The van der Waals surface area contributed by atoms with Gasteiger partial charge in [-0.1, -0.05) is 29.8 Å². The van der Waals surface area contributed by atoms with Crippen molar-refractivity contribution in [3.8, 4) is 33.9 Å². The lowest BCUT2D eigenvalue weighted by molar-refractivity contribution is 0.103. The fourth-order valence-electron chi connectivity index (χ4n) is 4.15. The number of nitrogen functional groups attached to an aromatic ring is 1. The van der Waals surface area contributed by atoms with Crippen LogP contribution in [0.2, 0.25) is 0 Å². The summed E-state index contributed by atoms with van der Waals surface area (Å²) in [6.07, 6.45) is 0. The van der Waals surface area contributed by atoms with Gasteiger partial charge in [-0.2, -0.15) is 0 Å². The molecule has 0 aliphatic carbocycles. The second-order valence-corrected chi connectivity index (χ2v) is 9.59. The van der Waals surface area contributed by atoms with Crippen molar-refractivity contribution in [2.24, 2.45) is 0 Å². The lowest BCUT2D eigenvalue weighted by atomic mass is 9.98. The number of nitrogens with zero attached hydrogens (tertiary/aromatic N) is 1. The number of amides is 1. The summed E-state index contributed by atoms with van der Waals surface area (Å²) in [5, 5.41) is 3.73. The van der Waals surface area contributed by atoms with Gasteiger partial charge in [0.25, 0.3) is 5.91 Å². The Bertz CT molecular complexity index is 1560. The molecule has 5 aromatic rings. The van der Waals surface area contributed by atoms with Crippen LogP contribution < -0.4 is 20.5 Å². The molecule has 0 aliphatic heterocycles. The highest BCUT2D eigenvalue weighted by atomic mass is 32.1. The summed E-state index contributed by atoms with van der Waals surface area (Å²) in [7, 11) is 1.64. The van der Waals surface area contributed by atoms with E-state index in [1.54, 1.807) is 7.11 Å². The van der Waals surface area contributed by atoms with Gasteiger partial charge >= 0.3 is 0 Å². The number of aryl methyl sites for hydroxylation is 1. The molecule has 2 heterocycles. The molecule has 1 amide bonds. The zero-order valence-corrected chi connectivity index (χ0v) is 21.7. The molecule has 0 atom stereocenters. The Balaban J connectivity index is 1.59. The summed E-state index contributed by atoms with van der Waals surface area (Å²) in [6, 6.07) is 25.3. The normalized spacial score (nSPS) is 10.9. The number of carbonyl (C=O) groups is 1. The summed E-state index contributed by atoms with van der Waals surface area (Å²) in [6.45, 7) is 4.56. The number of thiophene rings is 1. The van der Waals surface area contributed by atoms with Crippen molar-refractivity contribution in [1.29, 1.82) is 0 Å². The molecule has 0 saturated carbocycles. The maximum absolute atomic E-state index is 13.3. The molecular formula is C30H27N3O3S. The first-order valence-corrected chi connectivity index (χ1v) is 12.8. The molecule has 2 aromatic heterocycles. The topological polar surface area (TPSA) is 86.5 Å². The van der Waals surface area contributed by atoms with Crippen LogP contribution in [0.5, 0.6) is 11.5 Å². The summed E-state index contributed by atoms with van der Waals surface area (Å²) >= 11 is 1.29. The minimum absolute atomic E-state index is 0.273. The molecule has 0 unspecified atom stereocenters. The zero-order valence-electron chi connectivity index (χ0n) is 20.9. The fraction of sp³-hybridized carbons (Fsp3) is 0.133. The predicted molar refractivity (Wildman–Crippen MR) is 152 cm³/mol. The highest BCUT2D eigenvalue weighted by Crippen LogP contribution is 2.41. The number of pyridine rings is 1. The molecule has 0 radical (unpaired) electrons. The number of aromatic nitrogens is 1. The number of anilines is 2. The van der Waals surface area contributed by atoms with Crippen LogP contribution in [0.3, 0.4) is 0 Å². The third kappa shape index (κ3) is 4.99. The maximum Gasteiger partial charge on any atom is 0.267 e. The van der Waals surface area contributed by atoms with E-state index >= 15 is 0 Å². The van der Waals surface area contributed by atoms with Crippen molar-refractivity contribution in [2.45, 2.75) is 13.8 Å². The number of ether oxygens (including phenoxy) is 2. The van der Waals surface area contributed by atoms with Crippen molar-refractivity contribution >= 4 is 38.8 Å². The lowest BCUT2D eigenvalue weighted by Gasteiger charge is -2.10. The van der Waals surface area contributed by atoms with Gasteiger partial charge in [-0.3, -0.25) is 4.79 Å². The number of hydrogen-bond donors (Lipinski definition) is 2. The van der Waals surface area contributed by atoms with Gasteiger partial charge in [0.05, 0.1) is 25.1 Å². The van der Waals surface area contributed by atoms with Gasteiger partial charge in [0.1, 0.15) is 21.2 Å². The molecule has 5 rings (SSSR count). The average Bonchev–Trinajstić information content (AvgIpc) is 3.26. The lowest BCUT2D eigenvalue weighted by Crippen LogP contribution is -2.11. The standard InChI is InChI=1S/C30H27N3O3S/c1-4-36-23-15-11-21(12-16-23)32-29(34)28-27(31)26-24(19-7-5-18(2)6-8-19)17-25(33-30(26)37-28)20-9-13-22(35-3)14-10-20/h5-17H,4,31H2,1-3H3,(H,32,34). The van der Waals surface area contributed by atoms with E-state index in [0.717, 1.165) is 44.8 Å². The summed E-state index contributed by atoms with van der Waals surface area (Å²) in [5.41, 5.74) is 12.6. The molecule has 0 saturated heterocycles. The van der Waals surface area contributed by atoms with Gasteiger partial charge in [-0.15, -0.1) is 11.3 Å². The summed E-state index contributed by atoms with van der Waals surface area (Å²) in [5.74, 6) is 1.25. The molecule has 0 aliphatic rings. The predicted octanol–water partition coefficient (Wildman–Crippen LogP) is 7.18. The maximum atomic E-state index is 13.3. The van der Waals surface area contributed by atoms with E-state index in [1.165, 1.54) is 11.3 Å². The average molecular weight is 510 g/mol. The van der Waals surface area contributed by atoms with Crippen LogP contribution in [0.1, 0.15) is 22.2 Å². The third-order valence-electron chi connectivity index (χ3n) is 6.08. The van der Waals surface area contributed by atoms with Crippen LogP contribution in [-0.2, 0) is 0 Å². The molecule has 0 bridgehead atoms. The van der Waals surface area contributed by atoms with Crippen LogP contribution in [-0.4, -0.2) is 24.6 Å². The summed E-state index contributed by atoms with van der Waals surface area (Å²) < 4.78 is 10.8. The quantitative estimate of drug-likeness (QED) is 0.243. The van der Waals surface area contributed by atoms with E-state index in [1.807, 2.05) is 61.5 Å². The third-order valence-corrected chi connectivity index (χ3v) is 7.17. The number of rotatable bonds is 7. The number of nitrogens with one attached hydrogen (secondary N) is 1. The highest BCUT2D eigenvalue weighted by molar-refractivity contribution is 7.21. The molecule has 7 heteroatoms. The fourth-order valence-corrected chi connectivity index (χ4v) is 5.16. The van der Waals surface area contributed by atoms with Gasteiger partial charge in [-0.05, 0) is 79.6 Å². The van der Waals surface area contributed by atoms with Crippen LogP contribution in [0.15, 0.2) is 78.9 Å². The Hall–Kier alpha value is -4.36. The van der Waals surface area contributed by atoms with E-state index in [9.17, 15) is 4.79 Å². The number of nitrogens with two attached hydrogens (primary N) is 1. The SMILES string of the molecule is CCOc1ccc(NC(=O)c2sc3nc(-c4ccc(OC)cc4)cc(-c4ccc(C)cc4)c3c2N)cc1. The molecule has 3 aromatic carbocycles. The molecular weight excluding hydrogens is 482 g/mol. The van der Waals surface area contributed by atoms with Crippen molar-refractivity contribution in [3.05, 3.63) is 89.3 Å². The Labute approximate surface area is 219 Å². The number of carbonyl (C=O) groups excluding carboxylic acids is 1. The minimum Gasteiger partial charge on any atom is -0.497 e.